The Morgan fingerprint density at radius 2 is 1.90 bits per heavy atom. The van der Waals surface area contributed by atoms with Crippen molar-refractivity contribution in [2.75, 3.05) is 4.90 Å². The normalized spacial score (nSPS) is 13.4. The number of aryl methyl sites for hydroxylation is 1. The average Bonchev–Trinajstić information content (AvgIpc) is 3.26. The minimum atomic E-state index is -0.551. The number of hydrogen-bond donors (Lipinski definition) is 0. The molecule has 0 atom stereocenters. The number of ketones is 1. The molecule has 0 N–H and O–H groups in total. The number of fused-ring (bicyclic) bond motifs is 2. The molecule has 8 heteroatoms. The molecule has 0 radical (unpaired) electrons. The van der Waals surface area contributed by atoms with E-state index in [0.29, 0.717) is 22.0 Å². The molecule has 2 aromatic heterocycles. The van der Waals surface area contributed by atoms with Crippen LogP contribution in [0.3, 0.4) is 0 Å². The molecule has 3 heterocycles. The van der Waals surface area contributed by atoms with E-state index in [-0.39, 0.29) is 6.54 Å². The first-order valence-electron chi connectivity index (χ1n) is 8.94. The van der Waals surface area contributed by atoms with Gasteiger partial charge in [-0.1, -0.05) is 28.4 Å². The van der Waals surface area contributed by atoms with Crippen molar-refractivity contribution >= 4 is 39.9 Å². The van der Waals surface area contributed by atoms with Crippen LogP contribution in [-0.4, -0.2) is 31.7 Å². The van der Waals surface area contributed by atoms with Crippen LogP contribution in [0.1, 0.15) is 21.6 Å². The number of aromatic nitrogens is 4. The van der Waals surface area contributed by atoms with E-state index in [1.807, 2.05) is 25.1 Å². The van der Waals surface area contributed by atoms with Gasteiger partial charge < -0.3 is 0 Å². The molecule has 1 aliphatic rings. The lowest BCUT2D eigenvalue weighted by atomic mass is 10.1. The number of pyridine rings is 1. The minimum Gasteiger partial charge on any atom is -0.299 e. The molecular formula is C21H14ClN5O2. The lowest BCUT2D eigenvalue weighted by Crippen LogP contribution is -2.30. The molecule has 0 bridgehead atoms. The van der Waals surface area contributed by atoms with Gasteiger partial charge in [0.05, 0.1) is 40.9 Å². The molecule has 5 rings (SSSR count). The van der Waals surface area contributed by atoms with E-state index in [1.54, 1.807) is 41.3 Å². The Kier molecular flexibility index (Phi) is 3.92. The second-order valence-electron chi connectivity index (χ2n) is 6.87. The van der Waals surface area contributed by atoms with E-state index in [4.69, 9.17) is 11.6 Å². The zero-order valence-corrected chi connectivity index (χ0v) is 16.1. The van der Waals surface area contributed by atoms with Gasteiger partial charge in [0.15, 0.2) is 0 Å². The van der Waals surface area contributed by atoms with Gasteiger partial charge in [0, 0.05) is 16.6 Å². The van der Waals surface area contributed by atoms with E-state index >= 15 is 0 Å². The van der Waals surface area contributed by atoms with Crippen molar-refractivity contribution in [3.05, 3.63) is 76.7 Å². The predicted molar refractivity (Wildman–Crippen MR) is 108 cm³/mol. The number of anilines is 1. The quantitative estimate of drug-likeness (QED) is 0.489. The second-order valence-corrected chi connectivity index (χ2v) is 7.31. The van der Waals surface area contributed by atoms with Crippen LogP contribution in [0.15, 0.2) is 54.9 Å². The Balaban J connectivity index is 1.58. The summed E-state index contributed by atoms with van der Waals surface area (Å²) in [6, 6.07) is 12.7. The van der Waals surface area contributed by atoms with Crippen molar-refractivity contribution in [1.82, 2.24) is 20.0 Å². The van der Waals surface area contributed by atoms with Gasteiger partial charge in [0.1, 0.15) is 0 Å². The Hall–Kier alpha value is -3.58. The van der Waals surface area contributed by atoms with Crippen molar-refractivity contribution in [3.8, 4) is 5.69 Å². The molecule has 4 aromatic rings. The van der Waals surface area contributed by atoms with Crippen LogP contribution in [0, 0.1) is 6.92 Å². The van der Waals surface area contributed by atoms with Gasteiger partial charge in [-0.25, -0.2) is 4.68 Å². The number of rotatable bonds is 3. The van der Waals surface area contributed by atoms with E-state index < -0.39 is 11.7 Å². The zero-order valence-electron chi connectivity index (χ0n) is 15.3. The monoisotopic (exact) mass is 403 g/mol. The number of benzene rings is 2. The minimum absolute atomic E-state index is 0.172. The summed E-state index contributed by atoms with van der Waals surface area (Å²) in [5.74, 6) is -1.04. The summed E-state index contributed by atoms with van der Waals surface area (Å²) in [6.07, 6.45) is 3.26. The summed E-state index contributed by atoms with van der Waals surface area (Å²) < 4.78 is 1.65. The average molecular weight is 404 g/mol. The number of nitrogens with zero attached hydrogens (tertiary/aromatic N) is 5. The fourth-order valence-electron chi connectivity index (χ4n) is 3.59. The molecule has 2 aromatic carbocycles. The highest BCUT2D eigenvalue weighted by Crippen LogP contribution is 2.31. The lowest BCUT2D eigenvalue weighted by Gasteiger charge is -2.17. The highest BCUT2D eigenvalue weighted by Gasteiger charge is 2.36. The van der Waals surface area contributed by atoms with Crippen LogP contribution in [0.4, 0.5) is 5.69 Å². The Morgan fingerprint density at radius 1 is 1.03 bits per heavy atom. The predicted octanol–water partition coefficient (Wildman–Crippen LogP) is 3.51. The maximum atomic E-state index is 12.6. The third kappa shape index (κ3) is 2.78. The van der Waals surface area contributed by atoms with E-state index in [2.05, 4.69) is 15.3 Å². The topological polar surface area (TPSA) is 81.0 Å². The Bertz CT molecular complexity index is 1310. The fourth-order valence-corrected chi connectivity index (χ4v) is 3.76. The molecule has 29 heavy (non-hydrogen) atoms. The fraction of sp³-hybridized carbons (Fsp3) is 0.0952. The standard InChI is InChI=1S/C21H14ClN5O2/c1-12-2-5-18-16(8-12)20(28)21(29)26(18)11-14-10-24-25-27(14)19-6-7-23-17-9-13(22)3-4-15(17)19/h2-10H,11H2,1H3. The first kappa shape index (κ1) is 17.5. The van der Waals surface area contributed by atoms with Crippen LogP contribution in [-0.2, 0) is 11.3 Å². The lowest BCUT2D eigenvalue weighted by molar-refractivity contribution is -0.114. The van der Waals surface area contributed by atoms with Gasteiger partial charge in [-0.2, -0.15) is 0 Å². The summed E-state index contributed by atoms with van der Waals surface area (Å²) in [5.41, 5.74) is 4.12. The first-order chi connectivity index (χ1) is 14.0. The van der Waals surface area contributed by atoms with Gasteiger partial charge in [0.25, 0.3) is 11.7 Å². The number of carbonyl (C=O) groups excluding carboxylic acids is 2. The molecular weight excluding hydrogens is 390 g/mol. The number of amides is 1. The van der Waals surface area contributed by atoms with E-state index in [9.17, 15) is 9.59 Å². The largest absolute Gasteiger partial charge is 0.299 e. The molecule has 0 fully saturated rings. The van der Waals surface area contributed by atoms with Crippen molar-refractivity contribution < 1.29 is 9.59 Å². The highest BCUT2D eigenvalue weighted by molar-refractivity contribution is 6.52. The molecule has 1 amide bonds. The smallest absolute Gasteiger partial charge is 0.299 e. The third-order valence-corrected chi connectivity index (χ3v) is 5.21. The van der Waals surface area contributed by atoms with Gasteiger partial charge in [-0.15, -0.1) is 5.10 Å². The molecule has 0 aliphatic carbocycles. The number of Topliss-reactive ketones (excluding diaryl/α,β-unsaturated/α-hetero) is 1. The van der Waals surface area contributed by atoms with Crippen molar-refractivity contribution in [2.45, 2.75) is 13.5 Å². The third-order valence-electron chi connectivity index (χ3n) is 4.98. The van der Waals surface area contributed by atoms with Crippen LogP contribution >= 0.6 is 11.6 Å². The molecule has 0 saturated carbocycles. The highest BCUT2D eigenvalue weighted by atomic mass is 35.5. The first-order valence-corrected chi connectivity index (χ1v) is 9.32. The van der Waals surface area contributed by atoms with Crippen molar-refractivity contribution in [1.29, 1.82) is 0 Å². The summed E-state index contributed by atoms with van der Waals surface area (Å²) >= 11 is 6.08. The Morgan fingerprint density at radius 3 is 2.76 bits per heavy atom. The molecule has 0 saturated heterocycles. The number of carbonyl (C=O) groups is 2. The molecule has 1 aliphatic heterocycles. The van der Waals surface area contributed by atoms with Crippen LogP contribution < -0.4 is 4.90 Å². The maximum Gasteiger partial charge on any atom is 0.299 e. The number of hydrogen-bond acceptors (Lipinski definition) is 5. The van der Waals surface area contributed by atoms with Gasteiger partial charge in [-0.05, 0) is 43.3 Å². The van der Waals surface area contributed by atoms with Crippen molar-refractivity contribution in [2.24, 2.45) is 0 Å². The van der Waals surface area contributed by atoms with Crippen LogP contribution in [0.5, 0.6) is 0 Å². The SMILES string of the molecule is Cc1ccc2c(c1)C(=O)C(=O)N2Cc1cnnn1-c1ccnc2cc(Cl)ccc12. The van der Waals surface area contributed by atoms with Gasteiger partial charge in [0.2, 0.25) is 0 Å². The van der Waals surface area contributed by atoms with Crippen molar-refractivity contribution in [3.63, 3.8) is 0 Å². The summed E-state index contributed by atoms with van der Waals surface area (Å²) in [4.78, 5) is 30.8. The van der Waals surface area contributed by atoms with Crippen LogP contribution in [0.25, 0.3) is 16.6 Å². The molecule has 142 valence electrons. The van der Waals surface area contributed by atoms with E-state index in [0.717, 1.165) is 22.2 Å². The summed E-state index contributed by atoms with van der Waals surface area (Å²) in [6.45, 7) is 2.06. The maximum absolute atomic E-state index is 12.6. The summed E-state index contributed by atoms with van der Waals surface area (Å²) in [5, 5.41) is 9.66. The molecule has 0 spiro atoms. The van der Waals surface area contributed by atoms with Crippen LogP contribution in [0.2, 0.25) is 5.02 Å². The second kappa shape index (κ2) is 6.49. The number of halogens is 1. The molecule has 0 unspecified atom stereocenters. The van der Waals surface area contributed by atoms with Gasteiger partial charge in [-0.3, -0.25) is 19.5 Å². The summed E-state index contributed by atoms with van der Waals surface area (Å²) in [7, 11) is 0. The Labute approximate surface area is 170 Å². The zero-order chi connectivity index (χ0) is 20.1. The van der Waals surface area contributed by atoms with E-state index in [1.165, 1.54) is 4.90 Å². The molecule has 7 nitrogen and oxygen atoms in total. The van der Waals surface area contributed by atoms with Gasteiger partial charge >= 0.3 is 0 Å².